The highest BCUT2D eigenvalue weighted by molar-refractivity contribution is 5.86. The van der Waals surface area contributed by atoms with Crippen molar-refractivity contribution in [1.29, 1.82) is 0 Å². The third kappa shape index (κ3) is 6.23. The topological polar surface area (TPSA) is 84.7 Å². The van der Waals surface area contributed by atoms with Crippen LogP contribution in [0.1, 0.15) is 13.3 Å². The predicted octanol–water partition coefficient (Wildman–Crippen LogP) is -0.892. The van der Waals surface area contributed by atoms with Gasteiger partial charge < -0.3 is 15.8 Å². The van der Waals surface area contributed by atoms with E-state index >= 15 is 0 Å². The minimum absolute atomic E-state index is 0.128. The first-order valence-electron chi connectivity index (χ1n) is 5.79. The SMILES string of the molecule is C[C@@H]([CH]C(=O)NCN1CCOCC1)CC(N)=O. The Bertz CT molecular complexity index is 265. The largest absolute Gasteiger partial charge is 0.379 e. The van der Waals surface area contributed by atoms with Crippen LogP contribution in [0.25, 0.3) is 0 Å². The molecule has 1 aliphatic heterocycles. The first-order chi connectivity index (χ1) is 8.08. The number of nitrogens with zero attached hydrogens (tertiary/aromatic N) is 1. The fraction of sp³-hybridized carbons (Fsp3) is 0.727. The van der Waals surface area contributed by atoms with Crippen LogP contribution in [0.2, 0.25) is 0 Å². The Morgan fingerprint density at radius 2 is 2.12 bits per heavy atom. The molecule has 0 bridgehead atoms. The lowest BCUT2D eigenvalue weighted by molar-refractivity contribution is -0.120. The standard InChI is InChI=1S/C11H20N3O3/c1-9(6-10(12)15)7-11(16)13-8-14-2-4-17-5-3-14/h7,9H,2-6,8H2,1H3,(H2,12,15)(H,13,16)/t9-/m1/s1. The van der Waals surface area contributed by atoms with E-state index in [9.17, 15) is 9.59 Å². The van der Waals surface area contributed by atoms with E-state index in [1.54, 1.807) is 6.92 Å². The van der Waals surface area contributed by atoms with Crippen molar-refractivity contribution in [2.75, 3.05) is 33.0 Å². The van der Waals surface area contributed by atoms with Crippen LogP contribution < -0.4 is 11.1 Å². The third-order valence-corrected chi connectivity index (χ3v) is 2.54. The Hall–Kier alpha value is -1.14. The summed E-state index contributed by atoms with van der Waals surface area (Å²) in [5, 5.41) is 2.78. The number of hydrogen-bond donors (Lipinski definition) is 2. The molecule has 6 nitrogen and oxygen atoms in total. The maximum absolute atomic E-state index is 11.5. The number of rotatable bonds is 6. The highest BCUT2D eigenvalue weighted by Crippen LogP contribution is 2.05. The normalized spacial score (nSPS) is 18.6. The molecule has 0 unspecified atom stereocenters. The summed E-state index contributed by atoms with van der Waals surface area (Å²) >= 11 is 0. The number of primary amides is 1. The summed E-state index contributed by atoms with van der Waals surface area (Å²) in [6.45, 7) is 5.38. The average molecular weight is 242 g/mol. The van der Waals surface area contributed by atoms with Gasteiger partial charge in [0.2, 0.25) is 11.8 Å². The van der Waals surface area contributed by atoms with Gasteiger partial charge in [-0.2, -0.15) is 0 Å². The Labute approximate surface area is 101 Å². The van der Waals surface area contributed by atoms with Crippen molar-refractivity contribution in [2.45, 2.75) is 13.3 Å². The zero-order valence-electron chi connectivity index (χ0n) is 10.1. The number of nitrogens with one attached hydrogen (secondary N) is 1. The van der Waals surface area contributed by atoms with Crippen LogP contribution in [-0.2, 0) is 14.3 Å². The first kappa shape index (κ1) is 13.9. The van der Waals surface area contributed by atoms with Gasteiger partial charge in [0.25, 0.3) is 0 Å². The predicted molar refractivity (Wildman–Crippen MR) is 62.7 cm³/mol. The molecule has 2 amide bonds. The molecule has 97 valence electrons. The second-order valence-corrected chi connectivity index (χ2v) is 4.24. The van der Waals surface area contributed by atoms with Crippen molar-refractivity contribution in [3.05, 3.63) is 6.42 Å². The smallest absolute Gasteiger partial charge is 0.225 e. The number of hydrogen-bond acceptors (Lipinski definition) is 4. The molecule has 0 saturated carbocycles. The Morgan fingerprint density at radius 3 is 2.71 bits per heavy atom. The van der Waals surface area contributed by atoms with Crippen molar-refractivity contribution in [3.63, 3.8) is 0 Å². The Balaban J connectivity index is 2.13. The molecule has 17 heavy (non-hydrogen) atoms. The molecule has 0 aliphatic carbocycles. The molecule has 1 aliphatic rings. The van der Waals surface area contributed by atoms with Crippen LogP contribution in [0.3, 0.4) is 0 Å². The Kier molecular flexibility index (Phi) is 5.93. The van der Waals surface area contributed by atoms with Gasteiger partial charge in [0.05, 0.1) is 26.3 Å². The molecule has 1 fully saturated rings. The summed E-state index contributed by atoms with van der Waals surface area (Å²) in [6, 6.07) is 0. The minimum atomic E-state index is -0.394. The maximum Gasteiger partial charge on any atom is 0.225 e. The van der Waals surface area contributed by atoms with Crippen LogP contribution in [0.15, 0.2) is 0 Å². The van der Waals surface area contributed by atoms with Gasteiger partial charge in [-0.25, -0.2) is 0 Å². The molecular weight excluding hydrogens is 222 g/mol. The summed E-state index contributed by atoms with van der Waals surface area (Å²) in [5.41, 5.74) is 5.05. The fourth-order valence-corrected chi connectivity index (χ4v) is 1.64. The molecule has 1 saturated heterocycles. The second kappa shape index (κ2) is 7.24. The van der Waals surface area contributed by atoms with Crippen molar-refractivity contribution in [3.8, 4) is 0 Å². The third-order valence-electron chi connectivity index (χ3n) is 2.54. The summed E-state index contributed by atoms with van der Waals surface area (Å²) in [7, 11) is 0. The van der Waals surface area contributed by atoms with E-state index < -0.39 is 5.91 Å². The molecule has 3 N–H and O–H groups in total. The lowest BCUT2D eigenvalue weighted by atomic mass is 10.0. The number of morpholine rings is 1. The van der Waals surface area contributed by atoms with Gasteiger partial charge in [0.1, 0.15) is 0 Å². The van der Waals surface area contributed by atoms with Gasteiger partial charge >= 0.3 is 0 Å². The van der Waals surface area contributed by atoms with Gasteiger partial charge in [-0.1, -0.05) is 6.92 Å². The van der Waals surface area contributed by atoms with E-state index in [0.29, 0.717) is 19.9 Å². The van der Waals surface area contributed by atoms with Gasteiger partial charge in [-0.15, -0.1) is 0 Å². The van der Waals surface area contributed by atoms with Crippen molar-refractivity contribution >= 4 is 11.8 Å². The van der Waals surface area contributed by atoms with Gasteiger partial charge in [-0.3, -0.25) is 14.5 Å². The molecule has 1 rings (SSSR count). The first-order valence-corrected chi connectivity index (χ1v) is 5.79. The van der Waals surface area contributed by atoms with Gasteiger partial charge in [-0.05, 0) is 5.92 Å². The van der Waals surface area contributed by atoms with E-state index in [2.05, 4.69) is 10.2 Å². The van der Waals surface area contributed by atoms with E-state index in [-0.39, 0.29) is 18.2 Å². The minimum Gasteiger partial charge on any atom is -0.379 e. The van der Waals surface area contributed by atoms with Gasteiger partial charge in [0, 0.05) is 19.5 Å². The second-order valence-electron chi connectivity index (χ2n) is 4.24. The molecule has 1 radical (unpaired) electrons. The molecule has 0 aromatic heterocycles. The van der Waals surface area contributed by atoms with E-state index in [1.807, 2.05) is 0 Å². The molecule has 1 heterocycles. The van der Waals surface area contributed by atoms with E-state index in [1.165, 1.54) is 6.42 Å². The monoisotopic (exact) mass is 242 g/mol. The lowest BCUT2D eigenvalue weighted by Crippen LogP contribution is -2.44. The number of carbonyl (C=O) groups is 2. The highest BCUT2D eigenvalue weighted by Gasteiger charge is 2.14. The number of amides is 2. The molecule has 6 heteroatoms. The van der Waals surface area contributed by atoms with Crippen LogP contribution in [0.5, 0.6) is 0 Å². The molecule has 0 spiro atoms. The fourth-order valence-electron chi connectivity index (χ4n) is 1.64. The summed E-state index contributed by atoms with van der Waals surface area (Å²) in [6.07, 6.45) is 1.69. The quantitative estimate of drug-likeness (QED) is 0.632. The lowest BCUT2D eigenvalue weighted by Gasteiger charge is -2.26. The zero-order chi connectivity index (χ0) is 12.7. The van der Waals surface area contributed by atoms with Crippen molar-refractivity contribution in [2.24, 2.45) is 11.7 Å². The summed E-state index contributed by atoms with van der Waals surface area (Å²) in [5.74, 6) is -0.683. The van der Waals surface area contributed by atoms with Crippen molar-refractivity contribution < 1.29 is 14.3 Å². The van der Waals surface area contributed by atoms with E-state index in [0.717, 1.165) is 13.1 Å². The zero-order valence-corrected chi connectivity index (χ0v) is 10.1. The molecule has 0 aromatic rings. The van der Waals surface area contributed by atoms with Crippen LogP contribution in [-0.4, -0.2) is 49.7 Å². The van der Waals surface area contributed by atoms with E-state index in [4.69, 9.17) is 10.5 Å². The average Bonchev–Trinajstić information content (AvgIpc) is 2.26. The van der Waals surface area contributed by atoms with Crippen molar-refractivity contribution in [1.82, 2.24) is 10.2 Å². The van der Waals surface area contributed by atoms with Crippen LogP contribution >= 0.6 is 0 Å². The summed E-state index contributed by atoms with van der Waals surface area (Å²) < 4.78 is 5.20. The summed E-state index contributed by atoms with van der Waals surface area (Å²) in [4.78, 5) is 24.3. The van der Waals surface area contributed by atoms with Crippen LogP contribution in [0.4, 0.5) is 0 Å². The highest BCUT2D eigenvalue weighted by atomic mass is 16.5. The Morgan fingerprint density at radius 1 is 1.47 bits per heavy atom. The van der Waals surface area contributed by atoms with Gasteiger partial charge in [0.15, 0.2) is 0 Å². The molecule has 1 atom stereocenters. The maximum atomic E-state index is 11.5. The van der Waals surface area contributed by atoms with Crippen LogP contribution in [0, 0.1) is 12.3 Å². The molecular formula is C11H20N3O3. The number of ether oxygens (including phenoxy) is 1. The number of carbonyl (C=O) groups excluding carboxylic acids is 2. The molecule has 0 aromatic carbocycles. The number of nitrogens with two attached hydrogens (primary N) is 1.